The van der Waals surface area contributed by atoms with Gasteiger partial charge in [0.1, 0.15) is 6.29 Å². The Kier molecular flexibility index (Phi) is 17.8. The normalized spacial score (nSPS) is 12.1. The Morgan fingerprint density at radius 3 is 1.62 bits per heavy atom. The monoisotopic (exact) mass is 339 g/mol. The van der Waals surface area contributed by atoms with E-state index in [1.165, 1.54) is 70.6 Å². The molecule has 0 rings (SSSR count). The van der Waals surface area contributed by atoms with Crippen LogP contribution in [-0.2, 0) is 9.59 Å². The number of carbonyl (C=O) groups excluding carboxylic acids is 2. The largest absolute Gasteiger partial charge is 0.347 e. The van der Waals surface area contributed by atoms with E-state index >= 15 is 0 Å². The fourth-order valence-electron chi connectivity index (χ4n) is 3.07. The van der Waals surface area contributed by atoms with Crippen LogP contribution in [0.25, 0.3) is 0 Å². The zero-order chi connectivity index (χ0) is 17.9. The standard InChI is InChI=1S/C21H41NO2/c1-3-5-6-7-8-9-10-11-12-13-14-15-16-18-21(24)22-20(19-23)17-4-2/h19-20H,3-18H2,1-2H3,(H,22,24). The highest BCUT2D eigenvalue weighted by Gasteiger charge is 2.09. The number of nitrogens with one attached hydrogen (secondary N) is 1. The minimum atomic E-state index is -0.288. The van der Waals surface area contributed by atoms with Gasteiger partial charge in [0.05, 0.1) is 6.04 Å². The number of carbonyl (C=O) groups is 2. The Bertz CT molecular complexity index is 292. The molecule has 0 aliphatic carbocycles. The van der Waals surface area contributed by atoms with Crippen molar-refractivity contribution >= 4 is 12.2 Å². The van der Waals surface area contributed by atoms with Gasteiger partial charge in [0.25, 0.3) is 0 Å². The second-order valence-corrected chi connectivity index (χ2v) is 7.09. The predicted octanol–water partition coefficient (Wildman–Crippen LogP) is 5.95. The van der Waals surface area contributed by atoms with Crippen LogP contribution in [0.4, 0.5) is 0 Å². The lowest BCUT2D eigenvalue weighted by atomic mass is 10.0. The van der Waals surface area contributed by atoms with Crippen molar-refractivity contribution in [2.45, 2.75) is 123 Å². The number of hydrogen-bond acceptors (Lipinski definition) is 2. The first-order valence-electron chi connectivity index (χ1n) is 10.5. The van der Waals surface area contributed by atoms with Crippen molar-refractivity contribution in [3.63, 3.8) is 0 Å². The molecule has 24 heavy (non-hydrogen) atoms. The third-order valence-electron chi connectivity index (χ3n) is 4.62. The number of unbranched alkanes of at least 4 members (excludes halogenated alkanes) is 12. The molecule has 0 spiro atoms. The van der Waals surface area contributed by atoms with Crippen LogP contribution in [0.1, 0.15) is 117 Å². The quantitative estimate of drug-likeness (QED) is 0.248. The highest BCUT2D eigenvalue weighted by atomic mass is 16.2. The maximum absolute atomic E-state index is 11.7. The third-order valence-corrected chi connectivity index (χ3v) is 4.62. The molecule has 0 aromatic rings. The highest BCUT2D eigenvalue weighted by molar-refractivity contribution is 5.79. The van der Waals surface area contributed by atoms with Crippen LogP contribution in [0.2, 0.25) is 0 Å². The lowest BCUT2D eigenvalue weighted by Crippen LogP contribution is -2.35. The molecule has 0 fully saturated rings. The molecule has 0 bridgehead atoms. The first kappa shape index (κ1) is 23.1. The Hall–Kier alpha value is -0.860. The van der Waals surface area contributed by atoms with Crippen molar-refractivity contribution in [3.8, 4) is 0 Å². The van der Waals surface area contributed by atoms with E-state index in [-0.39, 0.29) is 11.9 Å². The molecule has 0 aliphatic heterocycles. The van der Waals surface area contributed by atoms with Crippen LogP contribution >= 0.6 is 0 Å². The van der Waals surface area contributed by atoms with Gasteiger partial charge in [0.2, 0.25) is 5.91 Å². The summed E-state index contributed by atoms with van der Waals surface area (Å²) >= 11 is 0. The van der Waals surface area contributed by atoms with E-state index in [4.69, 9.17) is 0 Å². The lowest BCUT2D eigenvalue weighted by Gasteiger charge is -2.11. The molecule has 0 saturated heterocycles. The van der Waals surface area contributed by atoms with Gasteiger partial charge in [-0.1, -0.05) is 97.3 Å². The van der Waals surface area contributed by atoms with Crippen LogP contribution in [0.15, 0.2) is 0 Å². The van der Waals surface area contributed by atoms with Gasteiger partial charge in [0, 0.05) is 6.42 Å². The summed E-state index contributed by atoms with van der Waals surface area (Å²) in [5, 5.41) is 2.80. The molecule has 0 heterocycles. The van der Waals surface area contributed by atoms with Crippen LogP contribution in [0, 0.1) is 0 Å². The smallest absolute Gasteiger partial charge is 0.220 e. The zero-order valence-corrected chi connectivity index (χ0v) is 16.3. The van der Waals surface area contributed by atoms with Gasteiger partial charge < -0.3 is 10.1 Å². The van der Waals surface area contributed by atoms with Crippen molar-refractivity contribution in [1.82, 2.24) is 5.32 Å². The number of aldehydes is 1. The molecule has 142 valence electrons. The number of rotatable bonds is 18. The van der Waals surface area contributed by atoms with Crippen molar-refractivity contribution < 1.29 is 9.59 Å². The first-order valence-corrected chi connectivity index (χ1v) is 10.5. The summed E-state index contributed by atoms with van der Waals surface area (Å²) in [6.45, 7) is 4.29. The van der Waals surface area contributed by atoms with Gasteiger partial charge in [0.15, 0.2) is 0 Å². The van der Waals surface area contributed by atoms with E-state index in [9.17, 15) is 9.59 Å². The van der Waals surface area contributed by atoms with Crippen molar-refractivity contribution in [1.29, 1.82) is 0 Å². The molecule has 0 aromatic carbocycles. The van der Waals surface area contributed by atoms with E-state index in [1.807, 2.05) is 6.92 Å². The van der Waals surface area contributed by atoms with E-state index in [1.54, 1.807) is 0 Å². The van der Waals surface area contributed by atoms with Crippen molar-refractivity contribution in [3.05, 3.63) is 0 Å². The SMILES string of the molecule is CCCCCCCCCCCCCCCC(=O)NC(C=O)CCC. The van der Waals surface area contributed by atoms with E-state index in [2.05, 4.69) is 12.2 Å². The van der Waals surface area contributed by atoms with Crippen molar-refractivity contribution in [2.24, 2.45) is 0 Å². The topological polar surface area (TPSA) is 46.2 Å². The Morgan fingerprint density at radius 1 is 0.750 bits per heavy atom. The molecule has 1 unspecified atom stereocenters. The van der Waals surface area contributed by atoms with E-state index < -0.39 is 0 Å². The Morgan fingerprint density at radius 2 is 1.21 bits per heavy atom. The number of amides is 1. The fourth-order valence-corrected chi connectivity index (χ4v) is 3.07. The minimum Gasteiger partial charge on any atom is -0.347 e. The van der Waals surface area contributed by atoms with Gasteiger partial charge in [-0.15, -0.1) is 0 Å². The van der Waals surface area contributed by atoms with Crippen LogP contribution in [0.3, 0.4) is 0 Å². The summed E-state index contributed by atoms with van der Waals surface area (Å²) in [5.74, 6) is 0.0311. The fraction of sp³-hybridized carbons (Fsp3) is 0.905. The molecule has 0 radical (unpaired) electrons. The molecular weight excluding hydrogens is 298 g/mol. The Labute approximate surface area is 150 Å². The molecule has 1 amide bonds. The summed E-state index contributed by atoms with van der Waals surface area (Å²) in [4.78, 5) is 22.5. The average molecular weight is 340 g/mol. The molecule has 1 N–H and O–H groups in total. The van der Waals surface area contributed by atoms with Gasteiger partial charge in [-0.05, 0) is 12.8 Å². The maximum atomic E-state index is 11.7. The van der Waals surface area contributed by atoms with Crippen LogP contribution < -0.4 is 5.32 Å². The molecule has 0 saturated carbocycles. The molecule has 3 heteroatoms. The summed E-state index contributed by atoms with van der Waals surface area (Å²) < 4.78 is 0. The molecule has 0 aliphatic rings. The molecule has 3 nitrogen and oxygen atoms in total. The second kappa shape index (κ2) is 18.5. The second-order valence-electron chi connectivity index (χ2n) is 7.09. The van der Waals surface area contributed by atoms with Gasteiger partial charge in [-0.3, -0.25) is 4.79 Å². The van der Waals surface area contributed by atoms with Gasteiger partial charge in [-0.2, -0.15) is 0 Å². The van der Waals surface area contributed by atoms with Crippen LogP contribution in [0.5, 0.6) is 0 Å². The third kappa shape index (κ3) is 16.0. The summed E-state index contributed by atoms with van der Waals surface area (Å²) in [6, 6.07) is -0.288. The summed E-state index contributed by atoms with van der Waals surface area (Å²) in [7, 11) is 0. The van der Waals surface area contributed by atoms with Crippen molar-refractivity contribution in [2.75, 3.05) is 0 Å². The first-order chi connectivity index (χ1) is 11.7. The minimum absolute atomic E-state index is 0.0311. The summed E-state index contributed by atoms with van der Waals surface area (Å²) in [5.41, 5.74) is 0. The van der Waals surface area contributed by atoms with Crippen LogP contribution in [-0.4, -0.2) is 18.2 Å². The predicted molar refractivity (Wildman–Crippen MR) is 103 cm³/mol. The van der Waals surface area contributed by atoms with E-state index in [0.29, 0.717) is 6.42 Å². The average Bonchev–Trinajstić information content (AvgIpc) is 2.58. The maximum Gasteiger partial charge on any atom is 0.220 e. The Balaban J connectivity index is 3.27. The summed E-state index contributed by atoms with van der Waals surface area (Å²) in [6.07, 6.45) is 20.1. The van der Waals surface area contributed by atoms with E-state index in [0.717, 1.165) is 32.0 Å². The highest BCUT2D eigenvalue weighted by Crippen LogP contribution is 2.12. The number of hydrogen-bond donors (Lipinski definition) is 1. The molecule has 1 atom stereocenters. The molecular formula is C21H41NO2. The lowest BCUT2D eigenvalue weighted by molar-refractivity contribution is -0.124. The van der Waals surface area contributed by atoms with Gasteiger partial charge >= 0.3 is 0 Å². The molecule has 0 aromatic heterocycles. The zero-order valence-electron chi connectivity index (χ0n) is 16.3. The van der Waals surface area contributed by atoms with Gasteiger partial charge in [-0.25, -0.2) is 0 Å².